The SMILES string of the molecule is C#Cc1ccc(Nc2c(C(=O)O)cc(Br)c(F)c2F)c(C)c1. The van der Waals surface area contributed by atoms with Crippen LogP contribution in [-0.4, -0.2) is 11.1 Å². The number of anilines is 2. The van der Waals surface area contributed by atoms with Gasteiger partial charge in [0.15, 0.2) is 11.6 Å². The van der Waals surface area contributed by atoms with Crippen LogP contribution in [0.2, 0.25) is 0 Å². The van der Waals surface area contributed by atoms with Crippen molar-refractivity contribution in [2.45, 2.75) is 6.92 Å². The van der Waals surface area contributed by atoms with E-state index in [1.54, 1.807) is 25.1 Å². The highest BCUT2D eigenvalue weighted by Crippen LogP contribution is 2.32. The van der Waals surface area contributed by atoms with Crippen LogP contribution < -0.4 is 5.32 Å². The molecule has 22 heavy (non-hydrogen) atoms. The molecular weight excluding hydrogens is 356 g/mol. The van der Waals surface area contributed by atoms with Crippen molar-refractivity contribution in [3.8, 4) is 12.3 Å². The number of carboxylic acid groups (broad SMARTS) is 1. The number of carbonyl (C=O) groups is 1. The summed E-state index contributed by atoms with van der Waals surface area (Å²) in [5.41, 5.74) is 0.913. The van der Waals surface area contributed by atoms with Gasteiger partial charge in [-0.15, -0.1) is 6.42 Å². The van der Waals surface area contributed by atoms with Crippen LogP contribution in [0.1, 0.15) is 21.5 Å². The van der Waals surface area contributed by atoms with Crippen molar-refractivity contribution in [2.24, 2.45) is 0 Å². The molecule has 2 aromatic carbocycles. The molecule has 3 nitrogen and oxygen atoms in total. The van der Waals surface area contributed by atoms with E-state index >= 15 is 0 Å². The summed E-state index contributed by atoms with van der Waals surface area (Å²) in [5, 5.41) is 11.8. The number of nitrogens with one attached hydrogen (secondary N) is 1. The average Bonchev–Trinajstić information content (AvgIpc) is 2.48. The lowest BCUT2D eigenvalue weighted by molar-refractivity contribution is 0.0697. The molecule has 0 heterocycles. The van der Waals surface area contributed by atoms with Gasteiger partial charge in [-0.3, -0.25) is 0 Å². The quantitative estimate of drug-likeness (QED) is 0.623. The summed E-state index contributed by atoms with van der Waals surface area (Å²) in [7, 11) is 0. The maximum Gasteiger partial charge on any atom is 0.337 e. The third-order valence-electron chi connectivity index (χ3n) is 3.05. The normalized spacial score (nSPS) is 10.1. The van der Waals surface area contributed by atoms with Gasteiger partial charge >= 0.3 is 5.97 Å². The van der Waals surface area contributed by atoms with E-state index in [9.17, 15) is 13.6 Å². The van der Waals surface area contributed by atoms with Gasteiger partial charge in [-0.2, -0.15) is 0 Å². The third kappa shape index (κ3) is 2.95. The fourth-order valence-corrected chi connectivity index (χ4v) is 2.32. The summed E-state index contributed by atoms with van der Waals surface area (Å²) in [6.45, 7) is 1.72. The topological polar surface area (TPSA) is 49.3 Å². The molecule has 112 valence electrons. The molecule has 0 unspecified atom stereocenters. The highest BCUT2D eigenvalue weighted by atomic mass is 79.9. The van der Waals surface area contributed by atoms with Crippen LogP contribution >= 0.6 is 15.9 Å². The molecule has 0 spiro atoms. The summed E-state index contributed by atoms with van der Waals surface area (Å²) in [6.07, 6.45) is 5.28. The van der Waals surface area contributed by atoms with E-state index in [0.29, 0.717) is 16.8 Å². The molecule has 0 aromatic heterocycles. The van der Waals surface area contributed by atoms with E-state index in [0.717, 1.165) is 6.07 Å². The molecule has 2 N–H and O–H groups in total. The third-order valence-corrected chi connectivity index (χ3v) is 3.62. The Morgan fingerprint density at radius 1 is 1.32 bits per heavy atom. The summed E-state index contributed by atoms with van der Waals surface area (Å²) in [6, 6.07) is 5.88. The van der Waals surface area contributed by atoms with Crippen LogP contribution in [-0.2, 0) is 0 Å². The van der Waals surface area contributed by atoms with E-state index in [-0.39, 0.29) is 10.0 Å². The molecule has 0 aliphatic carbocycles. The Balaban J connectivity index is 2.56. The van der Waals surface area contributed by atoms with Crippen molar-refractivity contribution >= 4 is 33.3 Å². The molecule has 0 saturated heterocycles. The molecule has 0 amide bonds. The van der Waals surface area contributed by atoms with Crippen LogP contribution in [0, 0.1) is 30.9 Å². The Morgan fingerprint density at radius 3 is 2.55 bits per heavy atom. The molecule has 0 fully saturated rings. The van der Waals surface area contributed by atoms with E-state index in [1.165, 1.54) is 0 Å². The second kappa shape index (κ2) is 6.16. The molecule has 0 radical (unpaired) electrons. The van der Waals surface area contributed by atoms with Crippen LogP contribution in [0.5, 0.6) is 0 Å². The zero-order chi connectivity index (χ0) is 16.4. The Kier molecular flexibility index (Phi) is 4.48. The lowest BCUT2D eigenvalue weighted by atomic mass is 10.1. The van der Waals surface area contributed by atoms with Crippen LogP contribution in [0.4, 0.5) is 20.2 Å². The standard InChI is InChI=1S/C16H10BrF2NO2/c1-3-9-4-5-12(8(2)6-9)20-15-10(16(21)22)7-11(17)13(18)14(15)19/h1,4-7,20H,2H3,(H,21,22). The summed E-state index contributed by atoms with van der Waals surface area (Å²) >= 11 is 2.79. The van der Waals surface area contributed by atoms with Gasteiger partial charge in [0.05, 0.1) is 15.7 Å². The molecule has 0 atom stereocenters. The van der Waals surface area contributed by atoms with Gasteiger partial charge in [-0.1, -0.05) is 5.92 Å². The lowest BCUT2D eigenvalue weighted by Crippen LogP contribution is -2.08. The number of aryl methyl sites for hydroxylation is 1. The highest BCUT2D eigenvalue weighted by Gasteiger charge is 2.22. The van der Waals surface area contributed by atoms with Crippen LogP contribution in [0.25, 0.3) is 0 Å². The molecule has 0 aliphatic heterocycles. The Bertz CT molecular complexity index is 813. The number of aromatic carboxylic acids is 1. The zero-order valence-electron chi connectivity index (χ0n) is 11.4. The largest absolute Gasteiger partial charge is 0.478 e. The van der Waals surface area contributed by atoms with Gasteiger partial charge in [-0.25, -0.2) is 13.6 Å². The number of carboxylic acids is 1. The maximum absolute atomic E-state index is 14.1. The van der Waals surface area contributed by atoms with Gasteiger partial charge < -0.3 is 10.4 Å². The molecule has 0 aliphatic rings. The van der Waals surface area contributed by atoms with Crippen molar-refractivity contribution in [3.05, 3.63) is 57.1 Å². The van der Waals surface area contributed by atoms with Crippen LogP contribution in [0.15, 0.2) is 28.7 Å². The Hall–Kier alpha value is -2.39. The van der Waals surface area contributed by atoms with Crippen LogP contribution in [0.3, 0.4) is 0 Å². The smallest absolute Gasteiger partial charge is 0.337 e. The molecule has 2 aromatic rings. The average molecular weight is 366 g/mol. The molecule has 6 heteroatoms. The number of benzene rings is 2. The number of halogens is 3. The highest BCUT2D eigenvalue weighted by molar-refractivity contribution is 9.10. The minimum absolute atomic E-state index is 0.257. The zero-order valence-corrected chi connectivity index (χ0v) is 13.0. The Morgan fingerprint density at radius 2 is 2.00 bits per heavy atom. The monoisotopic (exact) mass is 365 g/mol. The van der Waals surface area contributed by atoms with E-state index in [1.807, 2.05) is 0 Å². The summed E-state index contributed by atoms with van der Waals surface area (Å²) in [4.78, 5) is 11.2. The van der Waals surface area contributed by atoms with E-state index in [2.05, 4.69) is 27.2 Å². The molecule has 2 rings (SSSR count). The molecule has 0 bridgehead atoms. The Labute approximate surface area is 134 Å². The van der Waals surface area contributed by atoms with Crippen molar-refractivity contribution in [1.29, 1.82) is 0 Å². The molecular formula is C16H10BrF2NO2. The number of terminal acetylenes is 1. The number of hydrogen-bond donors (Lipinski definition) is 2. The van der Waals surface area contributed by atoms with Gasteiger partial charge in [0.25, 0.3) is 0 Å². The van der Waals surface area contributed by atoms with Gasteiger partial charge in [0, 0.05) is 11.3 Å². The minimum atomic E-state index is -1.38. The predicted molar refractivity (Wildman–Crippen MR) is 83.4 cm³/mol. The molecule has 0 saturated carbocycles. The predicted octanol–water partition coefficient (Wildman–Crippen LogP) is 4.46. The van der Waals surface area contributed by atoms with Gasteiger partial charge in [0.1, 0.15) is 0 Å². The fourth-order valence-electron chi connectivity index (χ4n) is 1.91. The van der Waals surface area contributed by atoms with Crippen molar-refractivity contribution in [1.82, 2.24) is 0 Å². The van der Waals surface area contributed by atoms with E-state index < -0.39 is 23.3 Å². The van der Waals surface area contributed by atoms with Crippen molar-refractivity contribution in [3.63, 3.8) is 0 Å². The first kappa shape index (κ1) is 16.0. The maximum atomic E-state index is 14.1. The van der Waals surface area contributed by atoms with Crippen molar-refractivity contribution < 1.29 is 18.7 Å². The second-order valence-electron chi connectivity index (χ2n) is 4.51. The number of hydrogen-bond acceptors (Lipinski definition) is 2. The van der Waals surface area contributed by atoms with Gasteiger partial charge in [0.2, 0.25) is 0 Å². The first-order valence-corrected chi connectivity index (χ1v) is 6.89. The first-order chi connectivity index (χ1) is 10.3. The van der Waals surface area contributed by atoms with Crippen molar-refractivity contribution in [2.75, 3.05) is 5.32 Å². The summed E-state index contributed by atoms with van der Waals surface area (Å²) in [5.74, 6) is -1.35. The lowest BCUT2D eigenvalue weighted by Gasteiger charge is -2.14. The number of rotatable bonds is 3. The fraction of sp³-hybridized carbons (Fsp3) is 0.0625. The van der Waals surface area contributed by atoms with E-state index in [4.69, 9.17) is 11.5 Å². The minimum Gasteiger partial charge on any atom is -0.478 e. The van der Waals surface area contributed by atoms with Gasteiger partial charge in [-0.05, 0) is 52.7 Å². The summed E-state index contributed by atoms with van der Waals surface area (Å²) < 4.78 is 27.5. The first-order valence-electron chi connectivity index (χ1n) is 6.10. The second-order valence-corrected chi connectivity index (χ2v) is 5.37.